The van der Waals surface area contributed by atoms with E-state index in [4.69, 9.17) is 0 Å². The van der Waals surface area contributed by atoms with Gasteiger partial charge in [0, 0.05) is 11.4 Å². The molecule has 0 bridgehead atoms. The van der Waals surface area contributed by atoms with Gasteiger partial charge in [0.05, 0.1) is 11.8 Å². The molecule has 26 heavy (non-hydrogen) atoms. The van der Waals surface area contributed by atoms with Crippen LogP contribution >= 0.6 is 23.1 Å². The first-order valence-corrected chi connectivity index (χ1v) is 10.2. The minimum absolute atomic E-state index is 0.101. The average Bonchev–Trinajstić information content (AvgIpc) is 3.30. The first-order valence-electron chi connectivity index (χ1n) is 8.34. The Morgan fingerprint density at radius 3 is 2.81 bits per heavy atom. The topological polar surface area (TPSA) is 79.8 Å². The number of rotatable bonds is 8. The zero-order chi connectivity index (χ0) is 18.4. The largest absolute Gasteiger partial charge is 0.344 e. The quantitative estimate of drug-likeness (QED) is 0.581. The molecule has 0 fully saturated rings. The van der Waals surface area contributed by atoms with Crippen LogP contribution in [0.1, 0.15) is 29.8 Å². The lowest BCUT2D eigenvalue weighted by Gasteiger charge is -2.18. The van der Waals surface area contributed by atoms with E-state index in [1.807, 2.05) is 54.8 Å². The minimum Gasteiger partial charge on any atom is -0.344 e. The van der Waals surface area contributed by atoms with Gasteiger partial charge in [-0.1, -0.05) is 55.1 Å². The van der Waals surface area contributed by atoms with Gasteiger partial charge in [-0.15, -0.1) is 16.4 Å². The molecular weight excluding hydrogens is 368 g/mol. The molecule has 1 aromatic carbocycles. The molecule has 136 valence electrons. The molecule has 0 aliphatic carbocycles. The lowest BCUT2D eigenvalue weighted by molar-refractivity contribution is -0.119. The number of thioether (sulfide) groups is 1. The highest BCUT2D eigenvalue weighted by Crippen LogP contribution is 2.26. The summed E-state index contributed by atoms with van der Waals surface area (Å²) in [5.74, 6) is 0.0960. The number of thiophene rings is 1. The Labute approximate surface area is 159 Å². The molecule has 2 heterocycles. The van der Waals surface area contributed by atoms with Gasteiger partial charge >= 0.3 is 5.69 Å². The highest BCUT2D eigenvalue weighted by Gasteiger charge is 2.18. The van der Waals surface area contributed by atoms with Gasteiger partial charge in [0.2, 0.25) is 5.91 Å². The summed E-state index contributed by atoms with van der Waals surface area (Å²) in [6, 6.07) is 13.7. The highest BCUT2D eigenvalue weighted by atomic mass is 32.2. The Bertz CT molecular complexity index is 888. The predicted octanol–water partition coefficient (Wildman–Crippen LogP) is 3.04. The van der Waals surface area contributed by atoms with Gasteiger partial charge in [-0.25, -0.2) is 9.89 Å². The van der Waals surface area contributed by atoms with Gasteiger partial charge in [0.1, 0.15) is 0 Å². The Morgan fingerprint density at radius 1 is 1.31 bits per heavy atom. The van der Waals surface area contributed by atoms with E-state index in [0.717, 1.165) is 16.9 Å². The summed E-state index contributed by atoms with van der Waals surface area (Å²) < 4.78 is 1.56. The van der Waals surface area contributed by atoms with Crippen molar-refractivity contribution in [2.24, 2.45) is 0 Å². The third-order valence-corrected chi connectivity index (χ3v) is 5.68. The maximum absolute atomic E-state index is 12.5. The maximum atomic E-state index is 12.5. The molecular formula is C18H20N4O2S2. The fourth-order valence-electron chi connectivity index (χ4n) is 2.59. The molecule has 0 aliphatic rings. The van der Waals surface area contributed by atoms with Crippen molar-refractivity contribution in [3.63, 3.8) is 0 Å². The standard InChI is InChI=1S/C18H20N4O2S2/c1-2-10-22-17(24)20-21-18(22)26-12-15(23)19-16(14-9-6-11-25-14)13-7-4-3-5-8-13/h3-9,11,16H,2,10,12H2,1H3,(H,19,23)(H,20,24)/t16-/m0/s1. The second kappa shape index (κ2) is 8.86. The van der Waals surface area contributed by atoms with Crippen LogP contribution in [0.3, 0.4) is 0 Å². The second-order valence-electron chi connectivity index (χ2n) is 5.68. The lowest BCUT2D eigenvalue weighted by atomic mass is 10.1. The molecule has 8 heteroatoms. The van der Waals surface area contributed by atoms with Crippen LogP contribution < -0.4 is 11.0 Å². The van der Waals surface area contributed by atoms with Crippen LogP contribution in [0.5, 0.6) is 0 Å². The van der Waals surface area contributed by atoms with Crippen molar-refractivity contribution in [1.29, 1.82) is 0 Å². The lowest BCUT2D eigenvalue weighted by Crippen LogP contribution is -2.30. The van der Waals surface area contributed by atoms with E-state index in [0.29, 0.717) is 11.7 Å². The van der Waals surface area contributed by atoms with Crippen LogP contribution in [0, 0.1) is 0 Å². The summed E-state index contributed by atoms with van der Waals surface area (Å²) in [4.78, 5) is 25.3. The van der Waals surface area contributed by atoms with Gasteiger partial charge in [-0.3, -0.25) is 9.36 Å². The zero-order valence-electron chi connectivity index (χ0n) is 14.3. The normalized spacial score (nSPS) is 12.0. The number of nitrogens with one attached hydrogen (secondary N) is 2. The Kier molecular flexibility index (Phi) is 6.30. The first kappa shape index (κ1) is 18.5. The van der Waals surface area contributed by atoms with Crippen molar-refractivity contribution >= 4 is 29.0 Å². The SMILES string of the molecule is CCCn1c(SCC(=O)N[C@@H](c2ccccc2)c2cccs2)n[nH]c1=O. The van der Waals surface area contributed by atoms with Crippen molar-refractivity contribution < 1.29 is 4.79 Å². The fraction of sp³-hybridized carbons (Fsp3) is 0.278. The van der Waals surface area contributed by atoms with Gasteiger partial charge in [0.25, 0.3) is 0 Å². The number of carbonyl (C=O) groups excluding carboxylic acids is 1. The van der Waals surface area contributed by atoms with E-state index in [2.05, 4.69) is 15.5 Å². The molecule has 2 aromatic heterocycles. The monoisotopic (exact) mass is 388 g/mol. The van der Waals surface area contributed by atoms with E-state index in [1.54, 1.807) is 15.9 Å². The van der Waals surface area contributed by atoms with E-state index >= 15 is 0 Å². The number of aromatic amines is 1. The van der Waals surface area contributed by atoms with Crippen LogP contribution in [0.4, 0.5) is 0 Å². The van der Waals surface area contributed by atoms with Crippen molar-refractivity contribution in [3.05, 3.63) is 68.8 Å². The number of amides is 1. The number of benzene rings is 1. The van der Waals surface area contributed by atoms with Crippen molar-refractivity contribution in [3.8, 4) is 0 Å². The van der Waals surface area contributed by atoms with Crippen LogP contribution in [0.15, 0.2) is 57.8 Å². The van der Waals surface area contributed by atoms with E-state index in [-0.39, 0.29) is 23.4 Å². The second-order valence-corrected chi connectivity index (χ2v) is 7.60. The Balaban J connectivity index is 1.68. The molecule has 0 radical (unpaired) electrons. The molecule has 0 spiro atoms. The molecule has 0 unspecified atom stereocenters. The first-order chi connectivity index (χ1) is 12.7. The summed E-state index contributed by atoms with van der Waals surface area (Å²) >= 11 is 2.87. The van der Waals surface area contributed by atoms with Crippen LogP contribution in [-0.4, -0.2) is 26.4 Å². The number of hydrogen-bond donors (Lipinski definition) is 2. The molecule has 0 saturated heterocycles. The molecule has 0 aliphatic heterocycles. The summed E-state index contributed by atoms with van der Waals surface area (Å²) in [6.07, 6.45) is 0.827. The number of aromatic nitrogens is 3. The van der Waals surface area contributed by atoms with Crippen molar-refractivity contribution in [1.82, 2.24) is 20.1 Å². The van der Waals surface area contributed by atoms with Crippen LogP contribution in [0.25, 0.3) is 0 Å². The number of H-pyrrole nitrogens is 1. The Hall–Kier alpha value is -2.32. The third kappa shape index (κ3) is 4.44. The number of hydrogen-bond acceptors (Lipinski definition) is 5. The summed E-state index contributed by atoms with van der Waals surface area (Å²) in [7, 11) is 0. The van der Waals surface area contributed by atoms with E-state index in [9.17, 15) is 9.59 Å². The Morgan fingerprint density at radius 2 is 2.12 bits per heavy atom. The summed E-state index contributed by atoms with van der Waals surface area (Å²) in [5.41, 5.74) is 0.798. The van der Waals surface area contributed by atoms with Gasteiger partial charge in [-0.2, -0.15) is 0 Å². The van der Waals surface area contributed by atoms with Crippen LogP contribution in [-0.2, 0) is 11.3 Å². The third-order valence-electron chi connectivity index (χ3n) is 3.77. The maximum Gasteiger partial charge on any atom is 0.343 e. The van der Waals surface area contributed by atoms with Gasteiger partial charge in [-0.05, 0) is 23.4 Å². The van der Waals surface area contributed by atoms with Crippen LogP contribution in [0.2, 0.25) is 0 Å². The highest BCUT2D eigenvalue weighted by molar-refractivity contribution is 7.99. The molecule has 1 atom stereocenters. The van der Waals surface area contributed by atoms with Gasteiger partial charge in [0.15, 0.2) is 5.16 Å². The summed E-state index contributed by atoms with van der Waals surface area (Å²) in [5, 5.41) is 12.1. The van der Waals surface area contributed by atoms with Gasteiger partial charge < -0.3 is 5.32 Å². The van der Waals surface area contributed by atoms with E-state index in [1.165, 1.54) is 11.8 Å². The molecule has 3 rings (SSSR count). The molecule has 0 saturated carbocycles. The molecule has 6 nitrogen and oxygen atoms in total. The molecule has 3 aromatic rings. The fourth-order valence-corrected chi connectivity index (χ4v) is 4.17. The number of carbonyl (C=O) groups is 1. The molecule has 2 N–H and O–H groups in total. The molecule has 1 amide bonds. The summed E-state index contributed by atoms with van der Waals surface area (Å²) in [6.45, 7) is 2.58. The van der Waals surface area contributed by atoms with Crippen molar-refractivity contribution in [2.75, 3.05) is 5.75 Å². The number of nitrogens with zero attached hydrogens (tertiary/aromatic N) is 2. The smallest absolute Gasteiger partial charge is 0.343 e. The predicted molar refractivity (Wildman–Crippen MR) is 105 cm³/mol. The minimum atomic E-state index is -0.240. The zero-order valence-corrected chi connectivity index (χ0v) is 16.0. The van der Waals surface area contributed by atoms with E-state index < -0.39 is 0 Å². The van der Waals surface area contributed by atoms with Crippen molar-refractivity contribution in [2.45, 2.75) is 31.1 Å². The average molecular weight is 389 g/mol.